The standard InChI is InChI=1S/C8H13BN2O2S/c1-6(2)5-14-8-10-3-7(4-11-8)9(12)13/h3-4,6,12-13H,5H2,1-2H3. The normalized spacial score (nSPS) is 10.6. The highest BCUT2D eigenvalue weighted by Gasteiger charge is 2.11. The van der Waals surface area contributed by atoms with Crippen molar-refractivity contribution >= 4 is 24.3 Å². The number of aromatic nitrogens is 2. The van der Waals surface area contributed by atoms with Crippen LogP contribution >= 0.6 is 11.8 Å². The van der Waals surface area contributed by atoms with Gasteiger partial charge in [-0.25, -0.2) is 9.97 Å². The SMILES string of the molecule is CC(C)CSc1ncc(B(O)O)cn1. The molecular weight excluding hydrogens is 199 g/mol. The highest BCUT2D eigenvalue weighted by atomic mass is 32.2. The molecule has 0 saturated carbocycles. The maximum Gasteiger partial charge on any atom is 0.491 e. The van der Waals surface area contributed by atoms with E-state index in [9.17, 15) is 0 Å². The second kappa shape index (κ2) is 5.33. The molecule has 14 heavy (non-hydrogen) atoms. The lowest BCUT2D eigenvalue weighted by Crippen LogP contribution is -2.30. The molecule has 0 saturated heterocycles. The lowest BCUT2D eigenvalue weighted by Gasteiger charge is -2.03. The zero-order chi connectivity index (χ0) is 10.6. The molecule has 0 amide bonds. The molecule has 1 rings (SSSR count). The summed E-state index contributed by atoms with van der Waals surface area (Å²) in [5, 5.41) is 18.3. The monoisotopic (exact) mass is 212 g/mol. The second-order valence-corrected chi connectivity index (χ2v) is 4.36. The van der Waals surface area contributed by atoms with Crippen LogP contribution in [0.15, 0.2) is 17.6 Å². The number of thioether (sulfide) groups is 1. The third-order valence-corrected chi connectivity index (χ3v) is 2.79. The summed E-state index contributed by atoms with van der Waals surface area (Å²) in [5.74, 6) is 1.55. The fourth-order valence-electron chi connectivity index (χ4n) is 0.775. The molecule has 0 aliphatic rings. The van der Waals surface area contributed by atoms with Crippen LogP contribution in [0.1, 0.15) is 13.8 Å². The Morgan fingerprint density at radius 1 is 1.36 bits per heavy atom. The predicted octanol–water partition coefficient (Wildman–Crippen LogP) is -0.0955. The Balaban J connectivity index is 2.55. The molecule has 0 fully saturated rings. The fourth-order valence-corrected chi connectivity index (χ4v) is 1.51. The Morgan fingerprint density at radius 3 is 2.36 bits per heavy atom. The molecule has 0 atom stereocenters. The first-order valence-corrected chi connectivity index (χ1v) is 5.39. The first-order valence-electron chi connectivity index (χ1n) is 4.40. The van der Waals surface area contributed by atoms with E-state index in [2.05, 4.69) is 23.8 Å². The lowest BCUT2D eigenvalue weighted by atomic mass is 9.83. The van der Waals surface area contributed by atoms with E-state index in [0.29, 0.717) is 16.5 Å². The molecule has 1 aromatic heterocycles. The summed E-state index contributed by atoms with van der Waals surface area (Å²) in [6, 6.07) is 0. The minimum absolute atomic E-state index is 0.318. The smallest absolute Gasteiger partial charge is 0.423 e. The maximum atomic E-state index is 8.80. The van der Waals surface area contributed by atoms with Gasteiger partial charge in [-0.3, -0.25) is 0 Å². The number of hydrogen-bond donors (Lipinski definition) is 2. The van der Waals surface area contributed by atoms with Gasteiger partial charge in [0.15, 0.2) is 5.16 Å². The molecule has 0 aliphatic heterocycles. The zero-order valence-corrected chi connectivity index (χ0v) is 9.03. The molecule has 2 N–H and O–H groups in total. The Hall–Kier alpha value is -0.585. The molecule has 0 radical (unpaired) electrons. The van der Waals surface area contributed by atoms with Crippen LogP contribution in [-0.4, -0.2) is 32.9 Å². The average molecular weight is 212 g/mol. The third-order valence-electron chi connectivity index (χ3n) is 1.49. The van der Waals surface area contributed by atoms with Crippen molar-refractivity contribution in [3.63, 3.8) is 0 Å². The summed E-state index contributed by atoms with van der Waals surface area (Å²) >= 11 is 1.56. The van der Waals surface area contributed by atoms with Crippen molar-refractivity contribution in [1.82, 2.24) is 9.97 Å². The molecule has 0 unspecified atom stereocenters. The molecule has 0 aliphatic carbocycles. The van der Waals surface area contributed by atoms with Crippen molar-refractivity contribution in [2.75, 3.05) is 5.75 Å². The molecule has 6 heteroatoms. The van der Waals surface area contributed by atoms with Gasteiger partial charge in [0.25, 0.3) is 0 Å². The van der Waals surface area contributed by atoms with Crippen LogP contribution in [0.5, 0.6) is 0 Å². The van der Waals surface area contributed by atoms with Gasteiger partial charge in [0, 0.05) is 23.6 Å². The summed E-state index contributed by atoms with van der Waals surface area (Å²) in [6.45, 7) is 4.25. The van der Waals surface area contributed by atoms with Crippen LogP contribution in [0.25, 0.3) is 0 Å². The minimum atomic E-state index is -1.49. The molecule has 1 aromatic rings. The molecule has 1 heterocycles. The van der Waals surface area contributed by atoms with Gasteiger partial charge in [0.2, 0.25) is 0 Å². The van der Waals surface area contributed by atoms with Gasteiger partial charge in [0.1, 0.15) is 0 Å². The lowest BCUT2D eigenvalue weighted by molar-refractivity contribution is 0.425. The summed E-state index contributed by atoms with van der Waals surface area (Å²) in [6.07, 6.45) is 2.86. The largest absolute Gasteiger partial charge is 0.491 e. The Kier molecular flexibility index (Phi) is 4.38. The van der Waals surface area contributed by atoms with E-state index in [-0.39, 0.29) is 0 Å². The van der Waals surface area contributed by atoms with E-state index in [1.165, 1.54) is 12.4 Å². The summed E-state index contributed by atoms with van der Waals surface area (Å²) in [4.78, 5) is 8.01. The van der Waals surface area contributed by atoms with Crippen LogP contribution in [0, 0.1) is 5.92 Å². The Morgan fingerprint density at radius 2 is 1.93 bits per heavy atom. The zero-order valence-electron chi connectivity index (χ0n) is 8.21. The quantitative estimate of drug-likeness (QED) is 0.414. The van der Waals surface area contributed by atoms with E-state index in [4.69, 9.17) is 10.0 Å². The van der Waals surface area contributed by atoms with Crippen molar-refractivity contribution in [2.45, 2.75) is 19.0 Å². The van der Waals surface area contributed by atoms with Gasteiger partial charge in [-0.15, -0.1) is 0 Å². The van der Waals surface area contributed by atoms with Crippen LogP contribution in [0.4, 0.5) is 0 Å². The molecule has 0 aromatic carbocycles. The van der Waals surface area contributed by atoms with Crippen LogP contribution < -0.4 is 5.46 Å². The topological polar surface area (TPSA) is 66.2 Å². The minimum Gasteiger partial charge on any atom is -0.423 e. The maximum absolute atomic E-state index is 8.80. The second-order valence-electron chi connectivity index (χ2n) is 3.38. The molecular formula is C8H13BN2O2S. The first kappa shape index (κ1) is 11.5. The van der Waals surface area contributed by atoms with Crippen molar-refractivity contribution in [2.24, 2.45) is 5.92 Å². The highest BCUT2D eigenvalue weighted by molar-refractivity contribution is 7.99. The van der Waals surface area contributed by atoms with Crippen LogP contribution in [-0.2, 0) is 0 Å². The highest BCUT2D eigenvalue weighted by Crippen LogP contribution is 2.14. The predicted molar refractivity (Wildman–Crippen MR) is 57.4 cm³/mol. The van der Waals surface area contributed by atoms with Gasteiger partial charge < -0.3 is 10.0 Å². The third kappa shape index (κ3) is 3.65. The Bertz CT molecular complexity index is 279. The van der Waals surface area contributed by atoms with Crippen LogP contribution in [0.2, 0.25) is 0 Å². The van der Waals surface area contributed by atoms with Crippen molar-refractivity contribution in [1.29, 1.82) is 0 Å². The summed E-state index contributed by atoms with van der Waals surface area (Å²) in [7, 11) is -1.49. The first-order chi connectivity index (χ1) is 6.59. The number of nitrogens with zero attached hydrogens (tertiary/aromatic N) is 2. The van der Waals surface area contributed by atoms with Crippen molar-refractivity contribution < 1.29 is 10.0 Å². The van der Waals surface area contributed by atoms with E-state index < -0.39 is 7.12 Å². The van der Waals surface area contributed by atoms with Gasteiger partial charge >= 0.3 is 7.12 Å². The van der Waals surface area contributed by atoms with Gasteiger partial charge in [-0.1, -0.05) is 25.6 Å². The molecule has 0 bridgehead atoms. The van der Waals surface area contributed by atoms with Crippen LogP contribution in [0.3, 0.4) is 0 Å². The van der Waals surface area contributed by atoms with Crippen molar-refractivity contribution in [3.8, 4) is 0 Å². The van der Waals surface area contributed by atoms with Gasteiger partial charge in [-0.05, 0) is 5.92 Å². The Labute approximate surface area is 87.9 Å². The molecule has 4 nitrogen and oxygen atoms in total. The number of rotatable bonds is 4. The number of hydrogen-bond acceptors (Lipinski definition) is 5. The summed E-state index contributed by atoms with van der Waals surface area (Å²) in [5.41, 5.74) is 0.318. The fraction of sp³-hybridized carbons (Fsp3) is 0.500. The van der Waals surface area contributed by atoms with E-state index in [1.54, 1.807) is 11.8 Å². The van der Waals surface area contributed by atoms with Crippen molar-refractivity contribution in [3.05, 3.63) is 12.4 Å². The van der Waals surface area contributed by atoms with Gasteiger partial charge in [0.05, 0.1) is 0 Å². The van der Waals surface area contributed by atoms with E-state index in [0.717, 1.165) is 5.75 Å². The van der Waals surface area contributed by atoms with Gasteiger partial charge in [-0.2, -0.15) is 0 Å². The average Bonchev–Trinajstić information content (AvgIpc) is 2.15. The van der Waals surface area contributed by atoms with E-state index >= 15 is 0 Å². The molecule has 76 valence electrons. The molecule has 0 spiro atoms. The van der Waals surface area contributed by atoms with E-state index in [1.807, 2.05) is 0 Å². The summed E-state index contributed by atoms with van der Waals surface area (Å²) < 4.78 is 0.